The van der Waals surface area contributed by atoms with Gasteiger partial charge in [0, 0.05) is 25.2 Å². The summed E-state index contributed by atoms with van der Waals surface area (Å²) in [5.74, 6) is -3.66. The minimum atomic E-state index is -1.28. The Morgan fingerprint density at radius 1 is 1.33 bits per heavy atom. The third-order valence-corrected chi connectivity index (χ3v) is 3.05. The van der Waals surface area contributed by atoms with E-state index < -0.39 is 17.6 Å². The molecule has 0 unspecified atom stereocenters. The van der Waals surface area contributed by atoms with Crippen molar-refractivity contribution < 1.29 is 13.2 Å². The molecule has 1 aliphatic rings. The van der Waals surface area contributed by atoms with Crippen LogP contribution in [0.2, 0.25) is 0 Å². The summed E-state index contributed by atoms with van der Waals surface area (Å²) in [6.45, 7) is 4.19. The SMILES string of the molecule is CCN(CCNc1nc(F)c(F)cc1F)C1CC1. The van der Waals surface area contributed by atoms with E-state index >= 15 is 0 Å². The lowest BCUT2D eigenvalue weighted by Crippen LogP contribution is -2.31. The van der Waals surface area contributed by atoms with Gasteiger partial charge in [-0.25, -0.2) is 8.78 Å². The Bertz CT molecular complexity index is 421. The molecule has 0 amide bonds. The molecular formula is C12H16F3N3. The number of aromatic nitrogens is 1. The first-order valence-electron chi connectivity index (χ1n) is 6.11. The Balaban J connectivity index is 1.87. The Labute approximate surface area is 104 Å². The summed E-state index contributed by atoms with van der Waals surface area (Å²) in [5.41, 5.74) is 0. The summed E-state index contributed by atoms with van der Waals surface area (Å²) < 4.78 is 38.8. The monoisotopic (exact) mass is 259 g/mol. The molecule has 0 radical (unpaired) electrons. The molecule has 100 valence electrons. The van der Waals surface area contributed by atoms with Crippen LogP contribution in [0.1, 0.15) is 19.8 Å². The molecule has 1 heterocycles. The number of pyridine rings is 1. The second-order valence-corrected chi connectivity index (χ2v) is 4.38. The summed E-state index contributed by atoms with van der Waals surface area (Å²) in [7, 11) is 0. The van der Waals surface area contributed by atoms with E-state index in [2.05, 4.69) is 22.1 Å². The average molecular weight is 259 g/mol. The van der Waals surface area contributed by atoms with E-state index in [-0.39, 0.29) is 5.82 Å². The number of rotatable bonds is 6. The highest BCUT2D eigenvalue weighted by Gasteiger charge is 2.27. The quantitative estimate of drug-likeness (QED) is 0.795. The molecule has 3 nitrogen and oxygen atoms in total. The number of anilines is 1. The van der Waals surface area contributed by atoms with Gasteiger partial charge in [-0.1, -0.05) is 6.92 Å². The minimum absolute atomic E-state index is 0.235. The van der Waals surface area contributed by atoms with Gasteiger partial charge in [-0.15, -0.1) is 0 Å². The van der Waals surface area contributed by atoms with Crippen molar-refractivity contribution in [1.82, 2.24) is 9.88 Å². The Kier molecular flexibility index (Phi) is 4.06. The second-order valence-electron chi connectivity index (χ2n) is 4.38. The maximum Gasteiger partial charge on any atom is 0.251 e. The fourth-order valence-corrected chi connectivity index (χ4v) is 1.92. The Morgan fingerprint density at radius 3 is 2.67 bits per heavy atom. The van der Waals surface area contributed by atoms with Gasteiger partial charge >= 0.3 is 0 Å². The lowest BCUT2D eigenvalue weighted by atomic mass is 10.4. The van der Waals surface area contributed by atoms with Crippen LogP contribution in [0.5, 0.6) is 0 Å². The zero-order chi connectivity index (χ0) is 13.1. The molecule has 2 rings (SSSR count). The normalized spacial score (nSPS) is 15.2. The van der Waals surface area contributed by atoms with Crippen molar-refractivity contribution in [2.45, 2.75) is 25.8 Å². The van der Waals surface area contributed by atoms with Gasteiger partial charge in [0.25, 0.3) is 5.95 Å². The van der Waals surface area contributed by atoms with Crippen molar-refractivity contribution in [3.63, 3.8) is 0 Å². The van der Waals surface area contributed by atoms with Gasteiger partial charge in [-0.3, -0.25) is 4.90 Å². The summed E-state index contributed by atoms with van der Waals surface area (Å²) in [6.07, 6.45) is 2.40. The van der Waals surface area contributed by atoms with Crippen molar-refractivity contribution in [3.05, 3.63) is 23.6 Å². The maximum atomic E-state index is 13.3. The van der Waals surface area contributed by atoms with Gasteiger partial charge in [-0.2, -0.15) is 9.37 Å². The molecular weight excluding hydrogens is 243 g/mol. The van der Waals surface area contributed by atoms with Gasteiger partial charge in [0.2, 0.25) is 0 Å². The highest BCUT2D eigenvalue weighted by Crippen LogP contribution is 2.26. The van der Waals surface area contributed by atoms with Crippen LogP contribution in [0.4, 0.5) is 19.0 Å². The number of halogens is 3. The first kappa shape index (κ1) is 13.1. The van der Waals surface area contributed by atoms with Crippen LogP contribution < -0.4 is 5.32 Å². The Morgan fingerprint density at radius 2 is 2.06 bits per heavy atom. The van der Waals surface area contributed by atoms with Crippen molar-refractivity contribution in [2.75, 3.05) is 25.0 Å². The standard InChI is InChI=1S/C12H16F3N3/c1-2-18(8-3-4-8)6-5-16-12-10(14)7-9(13)11(15)17-12/h7-8H,2-6H2,1H3,(H,16,17). The van der Waals surface area contributed by atoms with Crippen LogP contribution in [-0.4, -0.2) is 35.6 Å². The maximum absolute atomic E-state index is 13.3. The smallest absolute Gasteiger partial charge is 0.251 e. The molecule has 18 heavy (non-hydrogen) atoms. The second kappa shape index (κ2) is 5.56. The largest absolute Gasteiger partial charge is 0.366 e. The van der Waals surface area contributed by atoms with Crippen molar-refractivity contribution >= 4 is 5.82 Å². The molecule has 0 spiro atoms. The third-order valence-electron chi connectivity index (χ3n) is 3.05. The third kappa shape index (κ3) is 3.13. The zero-order valence-electron chi connectivity index (χ0n) is 10.2. The molecule has 1 aromatic heterocycles. The van der Waals surface area contributed by atoms with Crippen molar-refractivity contribution in [2.24, 2.45) is 0 Å². The van der Waals surface area contributed by atoms with E-state index in [9.17, 15) is 13.2 Å². The molecule has 1 aliphatic carbocycles. The van der Waals surface area contributed by atoms with Crippen LogP contribution in [0, 0.1) is 17.6 Å². The summed E-state index contributed by atoms with van der Waals surface area (Å²) in [4.78, 5) is 5.48. The van der Waals surface area contributed by atoms with E-state index in [4.69, 9.17) is 0 Å². The van der Waals surface area contributed by atoms with E-state index in [1.165, 1.54) is 12.8 Å². The summed E-state index contributed by atoms with van der Waals surface area (Å²) in [6, 6.07) is 1.13. The topological polar surface area (TPSA) is 28.2 Å². The fraction of sp³-hybridized carbons (Fsp3) is 0.583. The van der Waals surface area contributed by atoms with Crippen molar-refractivity contribution in [1.29, 1.82) is 0 Å². The van der Waals surface area contributed by atoms with Gasteiger partial charge in [0.15, 0.2) is 17.5 Å². The van der Waals surface area contributed by atoms with Gasteiger partial charge in [0.1, 0.15) is 0 Å². The predicted octanol–water partition coefficient (Wildman–Crippen LogP) is 2.40. The van der Waals surface area contributed by atoms with Crippen LogP contribution in [0.3, 0.4) is 0 Å². The van der Waals surface area contributed by atoms with E-state index in [1.54, 1.807) is 0 Å². The molecule has 1 fully saturated rings. The average Bonchev–Trinajstić information content (AvgIpc) is 3.15. The molecule has 1 saturated carbocycles. The molecule has 0 bridgehead atoms. The number of hydrogen-bond donors (Lipinski definition) is 1. The van der Waals surface area contributed by atoms with E-state index in [0.29, 0.717) is 18.7 Å². The fourth-order valence-electron chi connectivity index (χ4n) is 1.92. The molecule has 6 heteroatoms. The minimum Gasteiger partial charge on any atom is -0.366 e. The number of nitrogens with zero attached hydrogens (tertiary/aromatic N) is 2. The Hall–Kier alpha value is -1.30. The number of nitrogens with one attached hydrogen (secondary N) is 1. The number of likely N-dealkylation sites (N-methyl/N-ethyl adjacent to an activating group) is 1. The lowest BCUT2D eigenvalue weighted by molar-refractivity contribution is 0.288. The van der Waals surface area contributed by atoms with Gasteiger partial charge in [-0.05, 0) is 19.4 Å². The van der Waals surface area contributed by atoms with Gasteiger partial charge in [0.05, 0.1) is 0 Å². The zero-order valence-corrected chi connectivity index (χ0v) is 10.2. The first-order valence-corrected chi connectivity index (χ1v) is 6.11. The van der Waals surface area contributed by atoms with Crippen LogP contribution in [0.15, 0.2) is 6.07 Å². The molecule has 1 N–H and O–H groups in total. The lowest BCUT2D eigenvalue weighted by Gasteiger charge is -2.19. The molecule has 0 aromatic carbocycles. The predicted molar refractivity (Wildman–Crippen MR) is 62.9 cm³/mol. The van der Waals surface area contributed by atoms with Gasteiger partial charge < -0.3 is 5.32 Å². The van der Waals surface area contributed by atoms with Crippen molar-refractivity contribution in [3.8, 4) is 0 Å². The molecule has 0 saturated heterocycles. The van der Waals surface area contributed by atoms with Crippen LogP contribution in [0.25, 0.3) is 0 Å². The first-order chi connectivity index (χ1) is 8.61. The number of hydrogen-bond acceptors (Lipinski definition) is 3. The summed E-state index contributed by atoms with van der Waals surface area (Å²) in [5, 5.41) is 2.69. The molecule has 0 aliphatic heterocycles. The van der Waals surface area contributed by atoms with E-state index in [0.717, 1.165) is 13.1 Å². The van der Waals surface area contributed by atoms with Crippen LogP contribution in [-0.2, 0) is 0 Å². The highest BCUT2D eigenvalue weighted by molar-refractivity contribution is 5.36. The summed E-state index contributed by atoms with van der Waals surface area (Å²) >= 11 is 0. The molecule has 0 atom stereocenters. The van der Waals surface area contributed by atoms with E-state index in [1.807, 2.05) is 0 Å². The highest BCUT2D eigenvalue weighted by atomic mass is 19.2. The van der Waals surface area contributed by atoms with Crippen LogP contribution >= 0.6 is 0 Å². The molecule has 1 aromatic rings.